The number of carboxylic acids is 1. The number of halogens is 3. The molecular weight excluding hydrogens is 282 g/mol. The van der Waals surface area contributed by atoms with E-state index in [0.717, 1.165) is 6.07 Å². The van der Waals surface area contributed by atoms with Gasteiger partial charge < -0.3 is 9.84 Å². The van der Waals surface area contributed by atoms with Crippen LogP contribution in [0.15, 0.2) is 10.5 Å². The van der Waals surface area contributed by atoms with E-state index in [9.17, 15) is 13.6 Å². The van der Waals surface area contributed by atoms with Crippen molar-refractivity contribution in [2.24, 2.45) is 0 Å². The van der Waals surface area contributed by atoms with E-state index in [4.69, 9.17) is 9.84 Å². The van der Waals surface area contributed by atoms with Crippen LogP contribution in [0.5, 0.6) is 5.06 Å². The molecule has 0 atom stereocenters. The second kappa shape index (κ2) is 3.82. The maximum absolute atomic E-state index is 12.9. The first kappa shape index (κ1) is 11.4. The molecule has 0 saturated heterocycles. The van der Waals surface area contributed by atoms with Crippen molar-refractivity contribution in [2.75, 3.05) is 7.11 Å². The molecule has 1 N–H and O–H groups in total. The summed E-state index contributed by atoms with van der Waals surface area (Å²) in [6.45, 7) is 0. The quantitative estimate of drug-likeness (QED) is 0.929. The number of thiophene rings is 1. The number of ether oxygens (including phenoxy) is 1. The fourth-order valence-electron chi connectivity index (χ4n) is 0.751. The van der Waals surface area contributed by atoms with Gasteiger partial charge in [-0.15, -0.1) is 0 Å². The lowest BCUT2D eigenvalue weighted by Crippen LogP contribution is -2.23. The molecule has 0 aliphatic carbocycles. The third-order valence-corrected chi connectivity index (χ3v) is 3.44. The van der Waals surface area contributed by atoms with E-state index in [1.807, 2.05) is 0 Å². The summed E-state index contributed by atoms with van der Waals surface area (Å²) < 4.78 is 31.0. The zero-order valence-electron chi connectivity index (χ0n) is 6.88. The highest BCUT2D eigenvalue weighted by atomic mass is 79.9. The average Bonchev–Trinajstić information content (AvgIpc) is 2.47. The molecular formula is C7H5BrF2O3S. The summed E-state index contributed by atoms with van der Waals surface area (Å²) >= 11 is 3.57. The Morgan fingerprint density at radius 1 is 1.71 bits per heavy atom. The molecule has 14 heavy (non-hydrogen) atoms. The van der Waals surface area contributed by atoms with Crippen molar-refractivity contribution in [3.8, 4) is 5.06 Å². The predicted octanol–water partition coefficient (Wildman–Crippen LogP) is 2.70. The second-order valence-electron chi connectivity index (χ2n) is 2.33. The molecule has 0 aliphatic rings. The molecule has 0 aromatic carbocycles. The van der Waals surface area contributed by atoms with Crippen LogP contribution >= 0.6 is 27.3 Å². The second-order valence-corrected chi connectivity index (χ2v) is 4.20. The first-order valence-corrected chi connectivity index (χ1v) is 4.95. The average molecular weight is 287 g/mol. The van der Waals surface area contributed by atoms with Crippen LogP contribution in [0.2, 0.25) is 0 Å². The highest BCUT2D eigenvalue weighted by Gasteiger charge is 2.43. The van der Waals surface area contributed by atoms with Gasteiger partial charge in [0.2, 0.25) is 0 Å². The smallest absolute Gasteiger partial charge is 0.380 e. The predicted molar refractivity (Wildman–Crippen MR) is 50.1 cm³/mol. The van der Waals surface area contributed by atoms with Crippen LogP contribution in [0.25, 0.3) is 0 Å². The maximum Gasteiger partial charge on any atom is 0.380 e. The number of aliphatic carboxylic acids is 1. The highest BCUT2D eigenvalue weighted by Crippen LogP contribution is 2.42. The molecule has 1 rings (SSSR count). The Kier molecular flexibility index (Phi) is 3.10. The van der Waals surface area contributed by atoms with Gasteiger partial charge in [-0.1, -0.05) is 11.3 Å². The van der Waals surface area contributed by atoms with E-state index in [1.54, 1.807) is 0 Å². The van der Waals surface area contributed by atoms with Crippen molar-refractivity contribution in [3.05, 3.63) is 15.4 Å². The number of hydrogen-bond acceptors (Lipinski definition) is 3. The third kappa shape index (κ3) is 1.88. The number of methoxy groups -OCH3 is 1. The van der Waals surface area contributed by atoms with Gasteiger partial charge in [0, 0.05) is 0 Å². The normalized spacial score (nSPS) is 11.4. The van der Waals surface area contributed by atoms with Gasteiger partial charge in [-0.05, 0) is 22.0 Å². The minimum atomic E-state index is -3.87. The Bertz CT molecular complexity index is 364. The Labute approximate surface area is 90.4 Å². The van der Waals surface area contributed by atoms with Crippen molar-refractivity contribution >= 4 is 33.2 Å². The lowest BCUT2D eigenvalue weighted by molar-refractivity contribution is -0.165. The monoisotopic (exact) mass is 286 g/mol. The Balaban J connectivity index is 3.14. The van der Waals surface area contributed by atoms with Crippen LogP contribution < -0.4 is 4.74 Å². The minimum absolute atomic E-state index is 0.223. The first-order valence-electron chi connectivity index (χ1n) is 3.34. The molecule has 78 valence electrons. The molecule has 1 heterocycles. The van der Waals surface area contributed by atoms with E-state index in [1.165, 1.54) is 7.11 Å². The fourth-order valence-corrected chi connectivity index (χ4v) is 2.37. The zero-order chi connectivity index (χ0) is 10.9. The highest BCUT2D eigenvalue weighted by molar-refractivity contribution is 9.10. The first-order chi connectivity index (χ1) is 6.39. The fraction of sp³-hybridized carbons (Fsp3) is 0.286. The minimum Gasteiger partial charge on any atom is -0.486 e. The number of carboxylic acid groups (broad SMARTS) is 1. The molecule has 0 saturated carbocycles. The van der Waals surface area contributed by atoms with E-state index in [0.29, 0.717) is 15.8 Å². The van der Waals surface area contributed by atoms with Crippen molar-refractivity contribution in [1.29, 1.82) is 0 Å². The summed E-state index contributed by atoms with van der Waals surface area (Å²) in [5.74, 6) is -6.04. The van der Waals surface area contributed by atoms with Crippen LogP contribution in [-0.4, -0.2) is 18.2 Å². The van der Waals surface area contributed by atoms with Crippen molar-refractivity contribution in [1.82, 2.24) is 0 Å². The van der Waals surface area contributed by atoms with E-state index in [2.05, 4.69) is 15.9 Å². The van der Waals surface area contributed by atoms with Gasteiger partial charge in [-0.25, -0.2) is 4.79 Å². The van der Waals surface area contributed by atoms with Gasteiger partial charge in [0.1, 0.15) is 0 Å². The van der Waals surface area contributed by atoms with Crippen LogP contribution in [0, 0.1) is 0 Å². The Hall–Kier alpha value is -0.690. The maximum atomic E-state index is 12.9. The number of carbonyl (C=O) groups is 1. The molecule has 0 fully saturated rings. The third-order valence-electron chi connectivity index (χ3n) is 1.42. The van der Waals surface area contributed by atoms with Crippen LogP contribution in [-0.2, 0) is 10.7 Å². The van der Waals surface area contributed by atoms with Gasteiger partial charge in [0.05, 0.1) is 16.5 Å². The Morgan fingerprint density at radius 2 is 2.29 bits per heavy atom. The van der Waals surface area contributed by atoms with Crippen LogP contribution in [0.4, 0.5) is 8.78 Å². The van der Waals surface area contributed by atoms with Crippen molar-refractivity contribution < 1.29 is 23.4 Å². The SMILES string of the molecule is COc1sc(C(F)(F)C(=O)O)cc1Br. The molecule has 0 aliphatic heterocycles. The lowest BCUT2D eigenvalue weighted by Gasteiger charge is -2.06. The summed E-state index contributed by atoms with van der Waals surface area (Å²) in [7, 11) is 1.32. The summed E-state index contributed by atoms with van der Waals surface area (Å²) in [5, 5.41) is 8.49. The molecule has 1 aromatic heterocycles. The molecule has 0 radical (unpaired) electrons. The van der Waals surface area contributed by atoms with Gasteiger partial charge in [0.15, 0.2) is 5.06 Å². The summed E-state index contributed by atoms with van der Waals surface area (Å²) in [6.07, 6.45) is 0. The standard InChI is InChI=1S/C7H5BrF2O3S/c1-13-5-3(8)2-4(14-5)7(9,10)6(11)12/h2H,1H3,(H,11,12). The molecule has 0 spiro atoms. The molecule has 0 unspecified atom stereocenters. The molecule has 0 amide bonds. The number of alkyl halides is 2. The van der Waals surface area contributed by atoms with E-state index >= 15 is 0 Å². The Morgan fingerprint density at radius 3 is 2.64 bits per heavy atom. The number of hydrogen-bond donors (Lipinski definition) is 1. The van der Waals surface area contributed by atoms with Crippen molar-refractivity contribution in [3.63, 3.8) is 0 Å². The molecule has 1 aromatic rings. The number of rotatable bonds is 3. The van der Waals surface area contributed by atoms with Gasteiger partial charge in [-0.2, -0.15) is 8.78 Å². The summed E-state index contributed by atoms with van der Waals surface area (Å²) in [5.41, 5.74) is 0. The van der Waals surface area contributed by atoms with Crippen LogP contribution in [0.1, 0.15) is 4.88 Å². The largest absolute Gasteiger partial charge is 0.486 e. The van der Waals surface area contributed by atoms with Crippen molar-refractivity contribution in [2.45, 2.75) is 5.92 Å². The van der Waals surface area contributed by atoms with Gasteiger partial charge in [0.25, 0.3) is 0 Å². The molecule has 7 heteroatoms. The van der Waals surface area contributed by atoms with Gasteiger partial charge >= 0.3 is 11.9 Å². The van der Waals surface area contributed by atoms with E-state index < -0.39 is 16.8 Å². The topological polar surface area (TPSA) is 46.5 Å². The molecule has 3 nitrogen and oxygen atoms in total. The van der Waals surface area contributed by atoms with E-state index in [-0.39, 0.29) is 5.06 Å². The summed E-state index contributed by atoms with van der Waals surface area (Å²) in [4.78, 5) is 9.67. The lowest BCUT2D eigenvalue weighted by atomic mass is 10.3. The summed E-state index contributed by atoms with van der Waals surface area (Å²) in [6, 6.07) is 1.04. The van der Waals surface area contributed by atoms with Gasteiger partial charge in [-0.3, -0.25) is 0 Å². The zero-order valence-corrected chi connectivity index (χ0v) is 9.29. The molecule has 0 bridgehead atoms. The van der Waals surface area contributed by atoms with Crippen LogP contribution in [0.3, 0.4) is 0 Å².